The van der Waals surface area contributed by atoms with E-state index < -0.39 is 0 Å². The molecule has 64 valence electrons. The maximum Gasteiger partial charge on any atom is 0.0449 e. The van der Waals surface area contributed by atoms with Crippen LogP contribution in [0.5, 0.6) is 0 Å². The molecular weight excluding hydrogens is 170 g/mol. The molecule has 2 heteroatoms. The van der Waals surface area contributed by atoms with Crippen LogP contribution in [0.3, 0.4) is 0 Å². The van der Waals surface area contributed by atoms with Gasteiger partial charge in [0.05, 0.1) is 0 Å². The number of rotatable bonds is 2. The molecule has 0 N–H and O–H groups in total. The Morgan fingerprint density at radius 1 is 1.42 bits per heavy atom. The fraction of sp³-hybridized carbons (Fsp3) is 0.200. The highest BCUT2D eigenvalue weighted by molar-refractivity contribution is 6.30. The number of anilines is 1. The van der Waals surface area contributed by atoms with Gasteiger partial charge in [-0.3, -0.25) is 0 Å². The van der Waals surface area contributed by atoms with E-state index in [4.69, 9.17) is 11.6 Å². The van der Waals surface area contributed by atoms with Gasteiger partial charge in [0, 0.05) is 24.8 Å². The molecule has 1 nitrogen and oxygen atoms in total. The number of benzene rings is 1. The predicted octanol–water partition coefficient (Wildman–Crippen LogP) is 3.05. The van der Waals surface area contributed by atoms with Crippen molar-refractivity contribution < 1.29 is 0 Å². The van der Waals surface area contributed by atoms with Crippen LogP contribution in [-0.2, 0) is 0 Å². The third kappa shape index (κ3) is 1.80. The lowest BCUT2D eigenvalue weighted by Crippen LogP contribution is -2.09. The summed E-state index contributed by atoms with van der Waals surface area (Å²) in [6, 6.07) is 5.76. The summed E-state index contributed by atoms with van der Waals surface area (Å²) in [4.78, 5) is 2.02. The second-order valence-corrected chi connectivity index (χ2v) is 3.24. The first-order valence-corrected chi connectivity index (χ1v) is 4.12. The van der Waals surface area contributed by atoms with Crippen LogP contribution in [0.4, 0.5) is 5.69 Å². The molecule has 0 aliphatic heterocycles. The smallest absolute Gasteiger partial charge is 0.0449 e. The van der Waals surface area contributed by atoms with Gasteiger partial charge in [-0.1, -0.05) is 30.3 Å². The molecule has 1 aromatic rings. The van der Waals surface area contributed by atoms with Gasteiger partial charge in [-0.15, -0.1) is 0 Å². The van der Waals surface area contributed by atoms with E-state index in [2.05, 4.69) is 6.58 Å². The number of halogens is 1. The summed E-state index contributed by atoms with van der Waals surface area (Å²) in [7, 11) is 3.97. The molecule has 0 aliphatic rings. The van der Waals surface area contributed by atoms with Gasteiger partial charge < -0.3 is 4.90 Å². The van der Waals surface area contributed by atoms with Gasteiger partial charge in [0.25, 0.3) is 0 Å². The second kappa shape index (κ2) is 3.63. The van der Waals surface area contributed by atoms with Gasteiger partial charge in [0.2, 0.25) is 0 Å². The van der Waals surface area contributed by atoms with Crippen LogP contribution in [0, 0.1) is 0 Å². The van der Waals surface area contributed by atoms with E-state index in [-0.39, 0.29) is 0 Å². The van der Waals surface area contributed by atoms with Crippen LogP contribution in [0.25, 0.3) is 6.08 Å². The Labute approximate surface area is 78.3 Å². The van der Waals surface area contributed by atoms with Crippen molar-refractivity contribution in [3.63, 3.8) is 0 Å². The van der Waals surface area contributed by atoms with Crippen molar-refractivity contribution in [3.8, 4) is 0 Å². The Morgan fingerprint density at radius 3 is 2.58 bits per heavy atom. The normalized spacial score (nSPS) is 9.58. The summed E-state index contributed by atoms with van der Waals surface area (Å²) in [6.07, 6.45) is 1.83. The molecule has 0 atom stereocenters. The molecule has 1 aromatic carbocycles. The SMILES string of the molecule is C=Cc1ccc(Cl)cc1N(C)C. The highest BCUT2D eigenvalue weighted by Crippen LogP contribution is 2.23. The van der Waals surface area contributed by atoms with Gasteiger partial charge in [0.1, 0.15) is 0 Å². The first-order valence-electron chi connectivity index (χ1n) is 3.74. The van der Waals surface area contributed by atoms with Crippen molar-refractivity contribution in [3.05, 3.63) is 35.4 Å². The Kier molecular flexibility index (Phi) is 2.77. The van der Waals surface area contributed by atoms with E-state index in [1.807, 2.05) is 43.3 Å². The van der Waals surface area contributed by atoms with Crippen molar-refractivity contribution in [1.82, 2.24) is 0 Å². The van der Waals surface area contributed by atoms with Gasteiger partial charge in [-0.2, -0.15) is 0 Å². The zero-order chi connectivity index (χ0) is 9.14. The molecule has 12 heavy (non-hydrogen) atoms. The third-order valence-corrected chi connectivity index (χ3v) is 1.93. The monoisotopic (exact) mass is 181 g/mol. The van der Waals surface area contributed by atoms with E-state index >= 15 is 0 Å². The van der Waals surface area contributed by atoms with Crippen molar-refractivity contribution >= 4 is 23.4 Å². The maximum atomic E-state index is 5.86. The largest absolute Gasteiger partial charge is 0.377 e. The van der Waals surface area contributed by atoms with Crippen LogP contribution in [0.2, 0.25) is 5.02 Å². The average Bonchev–Trinajstić information content (AvgIpc) is 2.04. The summed E-state index contributed by atoms with van der Waals surface area (Å²) >= 11 is 5.86. The standard InChI is InChI=1S/C10H12ClN/c1-4-8-5-6-9(11)7-10(8)12(2)3/h4-7H,1H2,2-3H3. The lowest BCUT2D eigenvalue weighted by molar-refractivity contribution is 1.13. The Balaban J connectivity index is 3.21. The van der Waals surface area contributed by atoms with Gasteiger partial charge in [-0.25, -0.2) is 0 Å². The molecule has 0 spiro atoms. The Morgan fingerprint density at radius 2 is 2.08 bits per heavy atom. The fourth-order valence-corrected chi connectivity index (χ4v) is 1.24. The van der Waals surface area contributed by atoms with Crippen molar-refractivity contribution in [2.45, 2.75) is 0 Å². The quantitative estimate of drug-likeness (QED) is 0.678. The van der Waals surface area contributed by atoms with Crippen LogP contribution in [0.15, 0.2) is 24.8 Å². The number of hydrogen-bond acceptors (Lipinski definition) is 1. The first-order chi connectivity index (χ1) is 5.65. The zero-order valence-corrected chi connectivity index (χ0v) is 8.10. The zero-order valence-electron chi connectivity index (χ0n) is 7.34. The molecule has 0 radical (unpaired) electrons. The third-order valence-electron chi connectivity index (χ3n) is 1.69. The van der Waals surface area contributed by atoms with E-state index in [0.29, 0.717) is 0 Å². The van der Waals surface area contributed by atoms with Gasteiger partial charge >= 0.3 is 0 Å². The molecule has 0 saturated heterocycles. The molecule has 0 amide bonds. The number of nitrogens with zero attached hydrogens (tertiary/aromatic N) is 1. The summed E-state index contributed by atoms with van der Waals surface area (Å²) in [5, 5.41) is 0.754. The summed E-state index contributed by atoms with van der Waals surface area (Å²) in [6.45, 7) is 3.73. The topological polar surface area (TPSA) is 3.24 Å². The van der Waals surface area contributed by atoms with Crippen molar-refractivity contribution in [2.24, 2.45) is 0 Å². The molecular formula is C10H12ClN. The Hall–Kier alpha value is -0.950. The van der Waals surface area contributed by atoms with E-state index in [1.165, 1.54) is 0 Å². The molecule has 0 unspecified atom stereocenters. The van der Waals surface area contributed by atoms with Crippen LogP contribution in [0.1, 0.15) is 5.56 Å². The van der Waals surface area contributed by atoms with E-state index in [1.54, 1.807) is 0 Å². The average molecular weight is 182 g/mol. The second-order valence-electron chi connectivity index (χ2n) is 2.80. The Bertz CT molecular complexity index is 292. The maximum absolute atomic E-state index is 5.86. The molecule has 1 rings (SSSR count). The van der Waals surface area contributed by atoms with Crippen LogP contribution >= 0.6 is 11.6 Å². The highest BCUT2D eigenvalue weighted by atomic mass is 35.5. The minimum atomic E-state index is 0.754. The minimum Gasteiger partial charge on any atom is -0.377 e. The summed E-state index contributed by atoms with van der Waals surface area (Å²) in [5.41, 5.74) is 2.20. The van der Waals surface area contributed by atoms with Crippen LogP contribution in [-0.4, -0.2) is 14.1 Å². The molecule has 0 aromatic heterocycles. The van der Waals surface area contributed by atoms with E-state index in [9.17, 15) is 0 Å². The molecule has 0 fully saturated rings. The summed E-state index contributed by atoms with van der Waals surface area (Å²) in [5.74, 6) is 0. The van der Waals surface area contributed by atoms with Crippen molar-refractivity contribution in [2.75, 3.05) is 19.0 Å². The lowest BCUT2D eigenvalue weighted by atomic mass is 10.1. The van der Waals surface area contributed by atoms with Gasteiger partial charge in [0.15, 0.2) is 0 Å². The number of hydrogen-bond donors (Lipinski definition) is 0. The van der Waals surface area contributed by atoms with Crippen molar-refractivity contribution in [1.29, 1.82) is 0 Å². The minimum absolute atomic E-state index is 0.754. The predicted molar refractivity (Wildman–Crippen MR) is 55.9 cm³/mol. The molecule has 0 saturated carbocycles. The highest BCUT2D eigenvalue weighted by Gasteiger charge is 2.01. The first kappa shape index (κ1) is 9.14. The van der Waals surface area contributed by atoms with Crippen LogP contribution < -0.4 is 4.90 Å². The molecule has 0 aliphatic carbocycles. The lowest BCUT2D eigenvalue weighted by Gasteiger charge is -2.15. The molecule has 0 bridgehead atoms. The van der Waals surface area contributed by atoms with Gasteiger partial charge in [-0.05, 0) is 17.7 Å². The fourth-order valence-electron chi connectivity index (χ4n) is 1.08. The molecule has 0 heterocycles. The summed E-state index contributed by atoms with van der Waals surface area (Å²) < 4.78 is 0. The van der Waals surface area contributed by atoms with E-state index in [0.717, 1.165) is 16.3 Å².